The van der Waals surface area contributed by atoms with Crippen LogP contribution in [0.3, 0.4) is 0 Å². The normalized spacial score (nSPS) is 15.1. The Kier molecular flexibility index (Phi) is 6.92. The Hall–Kier alpha value is -2.38. The summed E-state index contributed by atoms with van der Waals surface area (Å²) in [5.41, 5.74) is 1.32. The van der Waals surface area contributed by atoms with Gasteiger partial charge in [0.1, 0.15) is 10.6 Å². The molecule has 0 unspecified atom stereocenters. The van der Waals surface area contributed by atoms with Gasteiger partial charge in [0.25, 0.3) is 5.91 Å². The number of sulfonamides is 1. The first-order valence-electron chi connectivity index (χ1n) is 9.90. The largest absolute Gasteiger partial charge is 0.495 e. The van der Waals surface area contributed by atoms with Crippen molar-refractivity contribution in [2.24, 2.45) is 0 Å². The first-order valence-corrected chi connectivity index (χ1v) is 11.4. The molecule has 1 saturated carbocycles. The fourth-order valence-electron chi connectivity index (χ4n) is 3.67. The average Bonchev–Trinajstić information content (AvgIpc) is 2.74. The third-order valence-electron chi connectivity index (χ3n) is 5.24. The number of methoxy groups -OCH3 is 1. The molecular weight excluding hydrogens is 388 g/mol. The lowest BCUT2D eigenvalue weighted by atomic mass is 9.96. The molecule has 0 aliphatic heterocycles. The molecule has 1 amide bonds. The summed E-state index contributed by atoms with van der Waals surface area (Å²) in [6.45, 7) is 0.439. The fraction of sp³-hybridized carbons (Fsp3) is 0.409. The quantitative estimate of drug-likeness (QED) is 0.749. The maximum atomic E-state index is 13.0. The highest BCUT2D eigenvalue weighted by Crippen LogP contribution is 2.27. The molecule has 0 atom stereocenters. The standard InChI is InChI=1S/C22H28N2O4S/c1-24(16-17-9-5-3-6-10-17)22(25)18-13-14-20(28-2)21(15-18)29(26,27)23-19-11-7-4-8-12-19/h3,5-6,9-10,13-15,19,23H,4,7-8,11-12,16H2,1-2H3. The number of rotatable bonds is 7. The Morgan fingerprint density at radius 3 is 2.45 bits per heavy atom. The summed E-state index contributed by atoms with van der Waals surface area (Å²) in [6.07, 6.45) is 4.85. The van der Waals surface area contributed by atoms with Gasteiger partial charge in [-0.25, -0.2) is 13.1 Å². The zero-order valence-electron chi connectivity index (χ0n) is 16.9. The number of carbonyl (C=O) groups excluding carboxylic acids is 1. The van der Waals surface area contributed by atoms with E-state index in [4.69, 9.17) is 4.74 Å². The summed E-state index contributed by atoms with van der Waals surface area (Å²) >= 11 is 0. The smallest absolute Gasteiger partial charge is 0.253 e. The summed E-state index contributed by atoms with van der Waals surface area (Å²) in [4.78, 5) is 14.5. The van der Waals surface area contributed by atoms with Gasteiger partial charge in [0.15, 0.2) is 0 Å². The summed E-state index contributed by atoms with van der Waals surface area (Å²) < 4.78 is 34.1. The molecule has 2 aromatic rings. The van der Waals surface area contributed by atoms with E-state index in [0.29, 0.717) is 12.1 Å². The van der Waals surface area contributed by atoms with Gasteiger partial charge in [-0.15, -0.1) is 0 Å². The zero-order chi connectivity index (χ0) is 20.9. The number of hydrogen-bond donors (Lipinski definition) is 1. The predicted octanol–water partition coefficient (Wildman–Crippen LogP) is 3.58. The van der Waals surface area contributed by atoms with E-state index in [9.17, 15) is 13.2 Å². The van der Waals surface area contributed by atoms with Gasteiger partial charge >= 0.3 is 0 Å². The molecule has 0 heterocycles. The van der Waals surface area contributed by atoms with Gasteiger partial charge in [-0.3, -0.25) is 4.79 Å². The number of nitrogens with one attached hydrogen (secondary N) is 1. The second kappa shape index (κ2) is 9.41. The number of carbonyl (C=O) groups is 1. The minimum absolute atomic E-state index is 0.00420. The molecule has 1 fully saturated rings. The third kappa shape index (κ3) is 5.36. The van der Waals surface area contributed by atoms with Crippen molar-refractivity contribution in [2.45, 2.75) is 49.6 Å². The van der Waals surface area contributed by atoms with E-state index in [1.165, 1.54) is 13.2 Å². The number of benzene rings is 2. The van der Waals surface area contributed by atoms with Crippen LogP contribution in [-0.4, -0.2) is 39.4 Å². The van der Waals surface area contributed by atoms with E-state index >= 15 is 0 Å². The number of ether oxygens (including phenoxy) is 1. The van der Waals surface area contributed by atoms with Crippen LogP contribution in [0.2, 0.25) is 0 Å². The first-order chi connectivity index (χ1) is 13.9. The highest BCUT2D eigenvalue weighted by molar-refractivity contribution is 7.89. The number of nitrogens with zero attached hydrogens (tertiary/aromatic N) is 1. The Morgan fingerprint density at radius 1 is 1.10 bits per heavy atom. The second-order valence-electron chi connectivity index (χ2n) is 7.47. The molecule has 0 spiro atoms. The van der Waals surface area contributed by atoms with Gasteiger partial charge in [-0.05, 0) is 36.6 Å². The minimum Gasteiger partial charge on any atom is -0.495 e. The molecule has 0 radical (unpaired) electrons. The molecular formula is C22H28N2O4S. The van der Waals surface area contributed by atoms with E-state index in [0.717, 1.165) is 37.7 Å². The van der Waals surface area contributed by atoms with Crippen molar-refractivity contribution in [3.05, 3.63) is 59.7 Å². The molecule has 29 heavy (non-hydrogen) atoms. The van der Waals surface area contributed by atoms with Crippen molar-refractivity contribution >= 4 is 15.9 Å². The van der Waals surface area contributed by atoms with Gasteiger partial charge < -0.3 is 9.64 Å². The molecule has 1 aliphatic rings. The monoisotopic (exact) mass is 416 g/mol. The van der Waals surface area contributed by atoms with Gasteiger partial charge in [-0.2, -0.15) is 0 Å². The van der Waals surface area contributed by atoms with Gasteiger partial charge in [0.2, 0.25) is 10.0 Å². The Labute approximate surface area is 172 Å². The molecule has 6 nitrogen and oxygen atoms in total. The van der Waals surface area contributed by atoms with Crippen LogP contribution < -0.4 is 9.46 Å². The summed E-state index contributed by atoms with van der Waals surface area (Å²) in [6, 6.07) is 14.1. The zero-order valence-corrected chi connectivity index (χ0v) is 17.7. The van der Waals surface area contributed by atoms with Crippen molar-refractivity contribution in [3.63, 3.8) is 0 Å². The maximum absolute atomic E-state index is 13.0. The first kappa shape index (κ1) is 21.3. The predicted molar refractivity (Wildman–Crippen MR) is 112 cm³/mol. The van der Waals surface area contributed by atoms with Gasteiger partial charge in [0.05, 0.1) is 7.11 Å². The van der Waals surface area contributed by atoms with E-state index in [-0.39, 0.29) is 22.6 Å². The fourth-order valence-corrected chi connectivity index (χ4v) is 5.17. The SMILES string of the molecule is COc1ccc(C(=O)N(C)Cc2ccccc2)cc1S(=O)(=O)NC1CCCCC1. The van der Waals surface area contributed by atoms with Crippen LogP contribution in [-0.2, 0) is 16.6 Å². The van der Waals surface area contributed by atoms with Crippen LogP contribution in [0.1, 0.15) is 48.0 Å². The maximum Gasteiger partial charge on any atom is 0.253 e. The van der Waals surface area contributed by atoms with E-state index in [2.05, 4.69) is 4.72 Å². The Balaban J connectivity index is 1.83. The van der Waals surface area contributed by atoms with Crippen molar-refractivity contribution in [3.8, 4) is 5.75 Å². The van der Waals surface area contributed by atoms with Crippen LogP contribution in [0.4, 0.5) is 0 Å². The van der Waals surface area contributed by atoms with Gasteiger partial charge in [0, 0.05) is 25.2 Å². The third-order valence-corrected chi connectivity index (χ3v) is 6.78. The summed E-state index contributed by atoms with van der Waals surface area (Å²) in [5, 5.41) is 0. The van der Waals surface area contributed by atoms with E-state index in [1.54, 1.807) is 24.1 Å². The van der Waals surface area contributed by atoms with Crippen LogP contribution in [0, 0.1) is 0 Å². The van der Waals surface area contributed by atoms with Crippen molar-refractivity contribution < 1.29 is 17.9 Å². The van der Waals surface area contributed by atoms with Gasteiger partial charge in [-0.1, -0.05) is 49.6 Å². The second-order valence-corrected chi connectivity index (χ2v) is 9.15. The molecule has 0 saturated heterocycles. The topological polar surface area (TPSA) is 75.7 Å². The van der Waals surface area contributed by atoms with Crippen molar-refractivity contribution in [1.29, 1.82) is 0 Å². The molecule has 1 N–H and O–H groups in total. The lowest BCUT2D eigenvalue weighted by Gasteiger charge is -2.23. The van der Waals surface area contributed by atoms with E-state index in [1.807, 2.05) is 30.3 Å². The van der Waals surface area contributed by atoms with E-state index < -0.39 is 10.0 Å². The summed E-state index contributed by atoms with van der Waals surface area (Å²) in [7, 11) is -0.658. The lowest BCUT2D eigenvalue weighted by molar-refractivity contribution is 0.0785. The summed E-state index contributed by atoms with van der Waals surface area (Å²) in [5.74, 6) is -0.0128. The van der Waals surface area contributed by atoms with Crippen molar-refractivity contribution in [1.82, 2.24) is 9.62 Å². The lowest BCUT2D eigenvalue weighted by Crippen LogP contribution is -2.36. The molecule has 0 aromatic heterocycles. The molecule has 3 rings (SSSR count). The Bertz CT molecular complexity index is 939. The van der Waals surface area contributed by atoms with Crippen LogP contribution >= 0.6 is 0 Å². The van der Waals surface area contributed by atoms with Crippen LogP contribution in [0.5, 0.6) is 5.75 Å². The highest BCUT2D eigenvalue weighted by Gasteiger charge is 2.26. The molecule has 1 aliphatic carbocycles. The molecule has 7 heteroatoms. The number of hydrogen-bond acceptors (Lipinski definition) is 4. The average molecular weight is 417 g/mol. The number of amides is 1. The molecule has 2 aromatic carbocycles. The highest BCUT2D eigenvalue weighted by atomic mass is 32.2. The minimum atomic E-state index is -3.79. The van der Waals surface area contributed by atoms with Crippen molar-refractivity contribution in [2.75, 3.05) is 14.2 Å². The van der Waals surface area contributed by atoms with Crippen LogP contribution in [0.15, 0.2) is 53.4 Å². The van der Waals surface area contributed by atoms with Crippen LogP contribution in [0.25, 0.3) is 0 Å². The Morgan fingerprint density at radius 2 is 1.79 bits per heavy atom. The molecule has 0 bridgehead atoms. The molecule has 156 valence electrons.